The summed E-state index contributed by atoms with van der Waals surface area (Å²) in [6, 6.07) is 5.36. The van der Waals surface area contributed by atoms with Gasteiger partial charge in [-0.3, -0.25) is 0 Å². The standard InChI is InChI=1S/C12H16N2O3/c1-15-7-8-16-5-2-6-17-12-4-3-11(9-13)10-14-12/h3-4,10H,2,5-8H2,1H3. The van der Waals surface area contributed by atoms with Crippen molar-refractivity contribution in [2.24, 2.45) is 0 Å². The predicted molar refractivity (Wildman–Crippen MR) is 61.8 cm³/mol. The van der Waals surface area contributed by atoms with E-state index in [1.165, 1.54) is 6.20 Å². The van der Waals surface area contributed by atoms with Crippen molar-refractivity contribution in [2.75, 3.05) is 33.5 Å². The second-order valence-corrected chi connectivity index (χ2v) is 3.30. The molecule has 1 aromatic heterocycles. The van der Waals surface area contributed by atoms with Gasteiger partial charge in [0, 0.05) is 32.4 Å². The molecule has 0 amide bonds. The van der Waals surface area contributed by atoms with Gasteiger partial charge in [0.25, 0.3) is 0 Å². The summed E-state index contributed by atoms with van der Waals surface area (Å²) >= 11 is 0. The zero-order valence-electron chi connectivity index (χ0n) is 9.89. The van der Waals surface area contributed by atoms with Crippen LogP contribution in [-0.4, -0.2) is 38.5 Å². The van der Waals surface area contributed by atoms with Crippen molar-refractivity contribution in [3.63, 3.8) is 0 Å². The lowest BCUT2D eigenvalue weighted by molar-refractivity contribution is 0.0642. The van der Waals surface area contributed by atoms with E-state index in [1.54, 1.807) is 19.2 Å². The molecule has 0 saturated heterocycles. The van der Waals surface area contributed by atoms with Crippen LogP contribution in [0, 0.1) is 11.3 Å². The molecule has 92 valence electrons. The minimum Gasteiger partial charge on any atom is -0.478 e. The van der Waals surface area contributed by atoms with Gasteiger partial charge < -0.3 is 14.2 Å². The normalized spacial score (nSPS) is 9.88. The number of pyridine rings is 1. The van der Waals surface area contributed by atoms with Crippen LogP contribution in [0.25, 0.3) is 0 Å². The quantitative estimate of drug-likeness (QED) is 0.638. The van der Waals surface area contributed by atoms with Crippen molar-refractivity contribution in [2.45, 2.75) is 6.42 Å². The smallest absolute Gasteiger partial charge is 0.213 e. The Bertz CT molecular complexity index is 346. The minimum absolute atomic E-state index is 0.528. The second-order valence-electron chi connectivity index (χ2n) is 3.30. The lowest BCUT2D eigenvalue weighted by atomic mass is 10.3. The highest BCUT2D eigenvalue weighted by atomic mass is 16.5. The molecule has 0 bridgehead atoms. The molecule has 0 unspecified atom stereocenters. The second kappa shape index (κ2) is 8.50. The fraction of sp³-hybridized carbons (Fsp3) is 0.500. The first-order valence-corrected chi connectivity index (χ1v) is 5.42. The van der Waals surface area contributed by atoms with Crippen LogP contribution < -0.4 is 4.74 Å². The summed E-state index contributed by atoms with van der Waals surface area (Å²) in [5.41, 5.74) is 0.528. The van der Waals surface area contributed by atoms with E-state index in [4.69, 9.17) is 19.5 Å². The third-order valence-electron chi connectivity index (χ3n) is 1.98. The topological polar surface area (TPSA) is 64.4 Å². The molecule has 5 heteroatoms. The van der Waals surface area contributed by atoms with Crippen LogP contribution in [0.4, 0.5) is 0 Å². The zero-order valence-corrected chi connectivity index (χ0v) is 9.89. The van der Waals surface area contributed by atoms with Gasteiger partial charge in [-0.2, -0.15) is 5.26 Å². The molecule has 0 aliphatic rings. The van der Waals surface area contributed by atoms with Crippen LogP contribution in [0.15, 0.2) is 18.3 Å². The first-order chi connectivity index (χ1) is 8.36. The zero-order chi connectivity index (χ0) is 12.3. The first kappa shape index (κ1) is 13.4. The van der Waals surface area contributed by atoms with Crippen molar-refractivity contribution in [1.82, 2.24) is 4.98 Å². The van der Waals surface area contributed by atoms with Crippen LogP contribution in [0.3, 0.4) is 0 Å². The number of rotatable bonds is 8. The minimum atomic E-state index is 0.528. The van der Waals surface area contributed by atoms with Gasteiger partial charge in [0.15, 0.2) is 0 Å². The summed E-state index contributed by atoms with van der Waals surface area (Å²) in [6.07, 6.45) is 2.29. The molecule has 0 N–H and O–H groups in total. The highest BCUT2D eigenvalue weighted by molar-refractivity contribution is 5.28. The summed E-state index contributed by atoms with van der Waals surface area (Å²) in [4.78, 5) is 3.99. The lowest BCUT2D eigenvalue weighted by Crippen LogP contribution is -2.07. The summed E-state index contributed by atoms with van der Waals surface area (Å²) in [5.74, 6) is 0.529. The summed E-state index contributed by atoms with van der Waals surface area (Å²) in [6.45, 7) is 2.40. The van der Waals surface area contributed by atoms with E-state index < -0.39 is 0 Å². The molecule has 0 saturated carbocycles. The Morgan fingerprint density at radius 3 is 2.76 bits per heavy atom. The molecular formula is C12H16N2O3. The number of aromatic nitrogens is 1. The number of methoxy groups -OCH3 is 1. The van der Waals surface area contributed by atoms with E-state index in [1.807, 2.05) is 6.07 Å². The first-order valence-electron chi connectivity index (χ1n) is 5.42. The molecule has 0 fully saturated rings. The Labute approximate surface area is 101 Å². The molecule has 0 atom stereocenters. The van der Waals surface area contributed by atoms with Crippen molar-refractivity contribution < 1.29 is 14.2 Å². The average molecular weight is 236 g/mol. The number of hydrogen-bond donors (Lipinski definition) is 0. The molecular weight excluding hydrogens is 220 g/mol. The molecule has 0 aliphatic carbocycles. The van der Waals surface area contributed by atoms with Gasteiger partial charge in [-0.15, -0.1) is 0 Å². The van der Waals surface area contributed by atoms with Crippen molar-refractivity contribution in [3.05, 3.63) is 23.9 Å². The molecule has 0 radical (unpaired) electrons. The SMILES string of the molecule is COCCOCCCOc1ccc(C#N)cn1. The van der Waals surface area contributed by atoms with Crippen molar-refractivity contribution >= 4 is 0 Å². The third-order valence-corrected chi connectivity index (χ3v) is 1.98. The Morgan fingerprint density at radius 2 is 2.12 bits per heavy atom. The summed E-state index contributed by atoms with van der Waals surface area (Å²) < 4.78 is 15.5. The average Bonchev–Trinajstić information content (AvgIpc) is 2.38. The van der Waals surface area contributed by atoms with E-state index in [9.17, 15) is 0 Å². The molecule has 1 aromatic rings. The Morgan fingerprint density at radius 1 is 1.24 bits per heavy atom. The monoisotopic (exact) mass is 236 g/mol. The molecule has 1 heterocycles. The predicted octanol–water partition coefficient (Wildman–Crippen LogP) is 1.39. The van der Waals surface area contributed by atoms with Gasteiger partial charge in [-0.25, -0.2) is 4.98 Å². The lowest BCUT2D eigenvalue weighted by Gasteiger charge is -2.05. The number of nitrogens with zero attached hydrogens (tertiary/aromatic N) is 2. The van der Waals surface area contributed by atoms with Gasteiger partial charge in [-0.05, 0) is 6.07 Å². The van der Waals surface area contributed by atoms with E-state index in [0.29, 0.717) is 37.9 Å². The fourth-order valence-electron chi connectivity index (χ4n) is 1.11. The summed E-state index contributed by atoms with van der Waals surface area (Å²) in [5, 5.41) is 8.59. The maximum Gasteiger partial charge on any atom is 0.213 e. The molecule has 1 rings (SSSR count). The van der Waals surface area contributed by atoms with Gasteiger partial charge in [0.1, 0.15) is 6.07 Å². The summed E-state index contributed by atoms with van der Waals surface area (Å²) in [7, 11) is 1.64. The molecule has 0 aliphatic heterocycles. The third kappa shape index (κ3) is 5.85. The molecule has 0 spiro atoms. The van der Waals surface area contributed by atoms with E-state index in [-0.39, 0.29) is 0 Å². The highest BCUT2D eigenvalue weighted by Crippen LogP contribution is 2.06. The maximum atomic E-state index is 8.59. The van der Waals surface area contributed by atoms with Crippen LogP contribution >= 0.6 is 0 Å². The largest absolute Gasteiger partial charge is 0.478 e. The number of ether oxygens (including phenoxy) is 3. The van der Waals surface area contributed by atoms with Gasteiger partial charge in [0.05, 0.1) is 25.4 Å². The number of hydrogen-bond acceptors (Lipinski definition) is 5. The van der Waals surface area contributed by atoms with E-state index >= 15 is 0 Å². The van der Waals surface area contributed by atoms with Gasteiger partial charge in [-0.1, -0.05) is 0 Å². The van der Waals surface area contributed by atoms with Crippen LogP contribution in [0.2, 0.25) is 0 Å². The molecule has 0 aromatic carbocycles. The van der Waals surface area contributed by atoms with E-state index in [0.717, 1.165) is 6.42 Å². The van der Waals surface area contributed by atoms with Crippen LogP contribution in [-0.2, 0) is 9.47 Å². The van der Waals surface area contributed by atoms with Crippen molar-refractivity contribution in [1.29, 1.82) is 5.26 Å². The Hall–Kier alpha value is -1.64. The fourth-order valence-corrected chi connectivity index (χ4v) is 1.11. The van der Waals surface area contributed by atoms with Crippen LogP contribution in [0.1, 0.15) is 12.0 Å². The Balaban J connectivity index is 2.08. The number of nitriles is 1. The molecule has 5 nitrogen and oxygen atoms in total. The highest BCUT2D eigenvalue weighted by Gasteiger charge is 1.96. The van der Waals surface area contributed by atoms with Gasteiger partial charge >= 0.3 is 0 Å². The van der Waals surface area contributed by atoms with Crippen LogP contribution in [0.5, 0.6) is 5.88 Å². The maximum absolute atomic E-state index is 8.59. The molecule has 17 heavy (non-hydrogen) atoms. The van der Waals surface area contributed by atoms with Crippen molar-refractivity contribution in [3.8, 4) is 11.9 Å². The Kier molecular flexibility index (Phi) is 6.72. The van der Waals surface area contributed by atoms with E-state index in [2.05, 4.69) is 4.98 Å². The van der Waals surface area contributed by atoms with Gasteiger partial charge in [0.2, 0.25) is 5.88 Å².